The minimum absolute atomic E-state index is 0.0409. The number of halogens is 1. The van der Waals surface area contributed by atoms with E-state index in [1.54, 1.807) is 47.6 Å². The number of fused-ring (bicyclic) bond motifs is 1. The lowest BCUT2D eigenvalue weighted by atomic mass is 10.0. The lowest BCUT2D eigenvalue weighted by Crippen LogP contribution is -2.47. The lowest BCUT2D eigenvalue weighted by molar-refractivity contribution is -0.115. The molecule has 1 aliphatic rings. The Morgan fingerprint density at radius 3 is 2.61 bits per heavy atom. The van der Waals surface area contributed by atoms with Crippen LogP contribution in [0.1, 0.15) is 44.7 Å². The summed E-state index contributed by atoms with van der Waals surface area (Å²) >= 11 is 0. The van der Waals surface area contributed by atoms with Crippen molar-refractivity contribution in [3.63, 3.8) is 0 Å². The van der Waals surface area contributed by atoms with Gasteiger partial charge >= 0.3 is 6.09 Å². The molecule has 1 aliphatic heterocycles. The number of piperidine rings is 1. The molecule has 1 fully saturated rings. The number of anilines is 2. The number of rotatable bonds is 8. The number of hydrogen-bond acceptors (Lipinski definition) is 8. The quantitative estimate of drug-likeness (QED) is 0.172. The molecule has 1 saturated heterocycles. The van der Waals surface area contributed by atoms with E-state index in [1.807, 2.05) is 64.1 Å². The Balaban J connectivity index is 1.22. The molecule has 49 heavy (non-hydrogen) atoms. The minimum atomic E-state index is -0.564. The van der Waals surface area contributed by atoms with Crippen molar-refractivity contribution in [3.05, 3.63) is 102 Å². The van der Waals surface area contributed by atoms with Crippen LogP contribution < -0.4 is 15.4 Å². The van der Waals surface area contributed by atoms with Crippen LogP contribution in [0, 0.1) is 12.7 Å². The summed E-state index contributed by atoms with van der Waals surface area (Å²) in [5.74, 6) is 0.621. The van der Waals surface area contributed by atoms with Crippen LogP contribution in [0.4, 0.5) is 20.8 Å². The molecule has 11 heteroatoms. The minimum Gasteiger partial charge on any atom is -0.444 e. The van der Waals surface area contributed by atoms with Gasteiger partial charge in [0.25, 0.3) is 0 Å². The number of amides is 2. The fraction of sp³-hybridized carbons (Fsp3) is 0.289. The van der Waals surface area contributed by atoms with E-state index in [-0.39, 0.29) is 24.5 Å². The van der Waals surface area contributed by atoms with Gasteiger partial charge < -0.3 is 25.0 Å². The fourth-order valence-electron chi connectivity index (χ4n) is 5.80. The van der Waals surface area contributed by atoms with E-state index in [9.17, 15) is 14.0 Å². The number of carbonyl (C=O) groups is 2. The first kappa shape index (κ1) is 33.3. The maximum Gasteiger partial charge on any atom is 0.410 e. The van der Waals surface area contributed by atoms with Crippen LogP contribution in [0.2, 0.25) is 0 Å². The molecule has 10 nitrogen and oxygen atoms in total. The topological polar surface area (TPSA) is 119 Å². The summed E-state index contributed by atoms with van der Waals surface area (Å²) in [5.41, 5.74) is 2.50. The number of carbonyl (C=O) groups excluding carboxylic acids is 2. The first-order valence-electron chi connectivity index (χ1n) is 16.3. The number of nitrogens with one attached hydrogen (secondary N) is 2. The van der Waals surface area contributed by atoms with Gasteiger partial charge in [0.1, 0.15) is 17.2 Å². The summed E-state index contributed by atoms with van der Waals surface area (Å²) in [5, 5.41) is 7.87. The van der Waals surface area contributed by atoms with Crippen LogP contribution in [-0.2, 0) is 16.0 Å². The molecular weight excluding hydrogens is 623 g/mol. The Hall–Kier alpha value is -5.58. The van der Waals surface area contributed by atoms with Gasteiger partial charge in [-0.3, -0.25) is 4.79 Å². The molecule has 3 heterocycles. The third kappa shape index (κ3) is 8.11. The standard InChI is InChI=1S/C38H39FN6O4/c1-24-16-17-27-28(12-7-15-31(27)43-33(46)22-25-10-5-6-14-30(25)39)34(24)48-35-29(13-8-19-40-35)32-18-20-41-36(44-32)42-26-11-9-21-45(23-26)37(47)49-38(2,3)4/h5-8,10,12-20,26H,9,11,21-23H2,1-4H3,(H,43,46)(H,41,42,44)/t26-/m0/s1. The molecule has 0 spiro atoms. The number of pyridine rings is 1. The molecule has 1 atom stereocenters. The number of ether oxygens (including phenoxy) is 2. The highest BCUT2D eigenvalue weighted by Crippen LogP contribution is 2.38. The molecule has 6 rings (SSSR count). The first-order valence-corrected chi connectivity index (χ1v) is 16.3. The molecule has 252 valence electrons. The average Bonchev–Trinajstić information content (AvgIpc) is 3.07. The van der Waals surface area contributed by atoms with Crippen LogP contribution in [0.15, 0.2) is 85.2 Å². The normalized spacial score (nSPS) is 14.7. The van der Waals surface area contributed by atoms with Crippen LogP contribution in [0.25, 0.3) is 22.0 Å². The fourth-order valence-corrected chi connectivity index (χ4v) is 5.80. The van der Waals surface area contributed by atoms with Crippen LogP contribution >= 0.6 is 0 Å². The Kier molecular flexibility index (Phi) is 9.70. The van der Waals surface area contributed by atoms with Gasteiger partial charge in [0.2, 0.25) is 17.7 Å². The zero-order chi connectivity index (χ0) is 34.5. The highest BCUT2D eigenvalue weighted by atomic mass is 19.1. The largest absolute Gasteiger partial charge is 0.444 e. The Labute approximate surface area is 284 Å². The van der Waals surface area contributed by atoms with Crippen LogP contribution in [0.5, 0.6) is 11.6 Å². The Bertz CT molecular complexity index is 2000. The van der Waals surface area contributed by atoms with E-state index in [0.29, 0.717) is 53.2 Å². The highest BCUT2D eigenvalue weighted by Gasteiger charge is 2.28. The van der Waals surface area contributed by atoms with E-state index >= 15 is 0 Å². The molecule has 2 amide bonds. The van der Waals surface area contributed by atoms with Gasteiger partial charge in [0.05, 0.1) is 17.7 Å². The monoisotopic (exact) mass is 662 g/mol. The van der Waals surface area contributed by atoms with Crippen LogP contribution in [-0.4, -0.2) is 56.6 Å². The van der Waals surface area contributed by atoms with Gasteiger partial charge in [-0.15, -0.1) is 0 Å². The third-order valence-electron chi connectivity index (χ3n) is 8.10. The van der Waals surface area contributed by atoms with Gasteiger partial charge in [0.15, 0.2) is 0 Å². The summed E-state index contributed by atoms with van der Waals surface area (Å²) in [7, 11) is 0. The van der Waals surface area contributed by atoms with Crippen LogP contribution in [0.3, 0.4) is 0 Å². The van der Waals surface area contributed by atoms with Crippen molar-refractivity contribution in [1.82, 2.24) is 19.9 Å². The number of benzene rings is 3. The molecule has 0 radical (unpaired) electrons. The number of likely N-dealkylation sites (tertiary alicyclic amines) is 1. The van der Waals surface area contributed by atoms with E-state index in [0.717, 1.165) is 29.2 Å². The second kappa shape index (κ2) is 14.3. The van der Waals surface area contributed by atoms with Crippen molar-refractivity contribution < 1.29 is 23.5 Å². The van der Waals surface area contributed by atoms with Gasteiger partial charge in [-0.2, -0.15) is 0 Å². The van der Waals surface area contributed by atoms with Crippen molar-refractivity contribution >= 4 is 34.4 Å². The molecule has 2 aromatic heterocycles. The molecule has 0 saturated carbocycles. The smallest absolute Gasteiger partial charge is 0.410 e. The molecule has 0 aliphatic carbocycles. The molecule has 0 unspecified atom stereocenters. The summed E-state index contributed by atoms with van der Waals surface area (Å²) in [6.45, 7) is 8.64. The Morgan fingerprint density at radius 1 is 0.959 bits per heavy atom. The molecule has 5 aromatic rings. The maximum atomic E-state index is 14.2. The second-order valence-corrected chi connectivity index (χ2v) is 13.1. The van der Waals surface area contributed by atoms with Gasteiger partial charge in [-0.25, -0.2) is 24.1 Å². The zero-order valence-electron chi connectivity index (χ0n) is 28.0. The van der Waals surface area contributed by atoms with Crippen molar-refractivity contribution in [2.75, 3.05) is 23.7 Å². The van der Waals surface area contributed by atoms with E-state index < -0.39 is 11.4 Å². The molecule has 3 aromatic carbocycles. The number of aromatic nitrogens is 3. The predicted octanol–water partition coefficient (Wildman–Crippen LogP) is 7.92. The summed E-state index contributed by atoms with van der Waals surface area (Å²) in [6.07, 6.45) is 4.61. The van der Waals surface area contributed by atoms with Gasteiger partial charge in [-0.1, -0.05) is 42.5 Å². The van der Waals surface area contributed by atoms with Gasteiger partial charge in [0, 0.05) is 48.0 Å². The highest BCUT2D eigenvalue weighted by molar-refractivity contribution is 6.05. The number of aryl methyl sites for hydroxylation is 1. The van der Waals surface area contributed by atoms with Crippen molar-refractivity contribution in [2.24, 2.45) is 0 Å². The predicted molar refractivity (Wildman–Crippen MR) is 187 cm³/mol. The summed E-state index contributed by atoms with van der Waals surface area (Å²) < 4.78 is 26.3. The lowest BCUT2D eigenvalue weighted by Gasteiger charge is -2.34. The SMILES string of the molecule is Cc1ccc2c(NC(=O)Cc3ccccc3F)cccc2c1Oc1ncccc1-c1ccnc(N[C@H]2CCCN(C(=O)OC(C)(C)C)C2)n1. The van der Waals surface area contributed by atoms with E-state index in [1.165, 1.54) is 6.07 Å². The van der Waals surface area contributed by atoms with E-state index in [4.69, 9.17) is 14.5 Å². The van der Waals surface area contributed by atoms with E-state index in [2.05, 4.69) is 20.6 Å². The summed E-state index contributed by atoms with van der Waals surface area (Å²) in [6, 6.07) is 21.1. The molecular formula is C38H39FN6O4. The van der Waals surface area contributed by atoms with Crippen molar-refractivity contribution in [1.29, 1.82) is 0 Å². The van der Waals surface area contributed by atoms with Crippen molar-refractivity contribution in [2.45, 2.75) is 58.6 Å². The average molecular weight is 663 g/mol. The Morgan fingerprint density at radius 2 is 1.80 bits per heavy atom. The molecule has 0 bridgehead atoms. The number of hydrogen-bond donors (Lipinski definition) is 2. The summed E-state index contributed by atoms with van der Waals surface area (Å²) in [4.78, 5) is 41.1. The first-order chi connectivity index (χ1) is 23.5. The molecule has 2 N–H and O–H groups in total. The maximum absolute atomic E-state index is 14.2. The van der Waals surface area contributed by atoms with Crippen molar-refractivity contribution in [3.8, 4) is 22.9 Å². The number of nitrogens with zero attached hydrogens (tertiary/aromatic N) is 4. The van der Waals surface area contributed by atoms with Gasteiger partial charge in [-0.05, 0) is 82.0 Å². The third-order valence-corrected chi connectivity index (χ3v) is 8.10. The second-order valence-electron chi connectivity index (χ2n) is 13.1. The zero-order valence-corrected chi connectivity index (χ0v) is 28.0.